The van der Waals surface area contributed by atoms with E-state index in [1.165, 1.54) is 0 Å². The molecule has 2 heteroatoms. The molecule has 0 saturated carbocycles. The Balaban J connectivity index is 1.79. The zero-order chi connectivity index (χ0) is 20.4. The van der Waals surface area contributed by atoms with E-state index in [9.17, 15) is 0 Å². The van der Waals surface area contributed by atoms with Gasteiger partial charge in [-0.1, -0.05) is 137 Å². The summed E-state index contributed by atoms with van der Waals surface area (Å²) >= 11 is 3.89. The second-order valence-corrected chi connectivity index (χ2v) is 8.16. The number of rotatable bonds is 4. The van der Waals surface area contributed by atoms with Gasteiger partial charge in [0.25, 0.3) is 0 Å². The third kappa shape index (κ3) is 2.96. The maximum absolute atomic E-state index is 7.20. The summed E-state index contributed by atoms with van der Waals surface area (Å²) in [5.41, 5.74) is 2.57. The number of benzene rings is 4. The molecule has 0 bridgehead atoms. The fourth-order valence-corrected chi connectivity index (χ4v) is 5.02. The summed E-state index contributed by atoms with van der Waals surface area (Å²) in [5.74, 6) is 0. The molecule has 0 saturated heterocycles. The van der Waals surface area contributed by atoms with Crippen LogP contribution < -0.4 is 0 Å². The van der Waals surface area contributed by atoms with E-state index in [1.54, 1.807) is 0 Å². The first-order chi connectivity index (χ1) is 14.8. The summed E-state index contributed by atoms with van der Waals surface area (Å²) in [6, 6.07) is 41.4. The predicted octanol–water partition coefficient (Wildman–Crippen LogP) is 6.99. The first-order valence-corrected chi connectivity index (χ1v) is 10.8. The van der Waals surface area contributed by atoms with Gasteiger partial charge in [-0.3, -0.25) is 0 Å². The molecule has 4 aromatic carbocycles. The highest BCUT2D eigenvalue weighted by molar-refractivity contribution is 9.11. The zero-order valence-corrected chi connectivity index (χ0v) is 17.9. The van der Waals surface area contributed by atoms with Gasteiger partial charge in [0.15, 0.2) is 5.60 Å². The molecule has 0 amide bonds. The second-order valence-electron chi connectivity index (χ2n) is 7.37. The van der Waals surface area contributed by atoms with Gasteiger partial charge in [0.1, 0.15) is 5.60 Å². The molecule has 1 heterocycles. The van der Waals surface area contributed by atoms with E-state index in [-0.39, 0.29) is 0 Å². The van der Waals surface area contributed by atoms with E-state index in [1.807, 2.05) is 48.5 Å². The smallest absolute Gasteiger partial charge is 0.152 e. The molecular formula is C28H20BrO. The average molecular weight is 452 g/mol. The van der Waals surface area contributed by atoms with E-state index >= 15 is 0 Å². The fraction of sp³-hybridized carbons (Fsp3) is 0.0714. The molecule has 5 rings (SSSR count). The van der Waals surface area contributed by atoms with Crippen LogP contribution in [0.5, 0.6) is 0 Å². The van der Waals surface area contributed by atoms with Crippen LogP contribution in [-0.2, 0) is 15.9 Å². The van der Waals surface area contributed by atoms with Gasteiger partial charge >= 0.3 is 0 Å². The lowest BCUT2D eigenvalue weighted by Gasteiger charge is -2.37. The van der Waals surface area contributed by atoms with E-state index in [0.717, 1.165) is 26.7 Å². The highest BCUT2D eigenvalue weighted by atomic mass is 79.9. The van der Waals surface area contributed by atoms with Crippen molar-refractivity contribution in [3.8, 4) is 0 Å². The standard InChI is InChI=1S/C28H20BrO/c29-26-21-27(22-13-5-1-6-14-22,23-15-7-2-8-16-23)30-28(26,24-17-9-3-10-18-24)25-19-11-4-12-20-25/h1-20H. The average Bonchev–Trinajstić information content (AvgIpc) is 3.16. The van der Waals surface area contributed by atoms with Crippen LogP contribution >= 0.6 is 15.9 Å². The summed E-state index contributed by atoms with van der Waals surface area (Å²) < 4.78 is 8.07. The molecule has 0 aliphatic carbocycles. The van der Waals surface area contributed by atoms with Crippen LogP contribution in [0.1, 0.15) is 22.3 Å². The second kappa shape index (κ2) is 7.71. The van der Waals surface area contributed by atoms with E-state index < -0.39 is 11.2 Å². The Kier molecular flexibility index (Phi) is 4.90. The van der Waals surface area contributed by atoms with Crippen molar-refractivity contribution in [2.45, 2.75) is 11.2 Å². The third-order valence-corrected chi connectivity index (χ3v) is 6.38. The molecule has 0 fully saturated rings. The largest absolute Gasteiger partial charge is 0.340 e. The van der Waals surface area contributed by atoms with Crippen molar-refractivity contribution in [1.29, 1.82) is 0 Å². The summed E-state index contributed by atoms with van der Waals surface area (Å²) in [4.78, 5) is 0. The molecule has 1 aliphatic rings. The van der Waals surface area contributed by atoms with Crippen LogP contribution in [0.3, 0.4) is 0 Å². The van der Waals surface area contributed by atoms with Crippen molar-refractivity contribution in [1.82, 2.24) is 0 Å². The molecule has 0 atom stereocenters. The number of halogens is 1. The SMILES string of the molecule is BrC1=[C]C(c2ccccc2)(c2ccccc2)OC1(c1ccccc1)c1ccccc1. The number of ether oxygens (including phenoxy) is 1. The van der Waals surface area contributed by atoms with Crippen LogP contribution in [0.15, 0.2) is 126 Å². The van der Waals surface area contributed by atoms with Crippen molar-refractivity contribution in [2.24, 2.45) is 0 Å². The van der Waals surface area contributed by atoms with Crippen LogP contribution in [0, 0.1) is 6.08 Å². The quantitative estimate of drug-likeness (QED) is 0.324. The third-order valence-electron chi connectivity index (χ3n) is 5.62. The van der Waals surface area contributed by atoms with Gasteiger partial charge in [-0.05, 0) is 22.3 Å². The van der Waals surface area contributed by atoms with Crippen molar-refractivity contribution in [3.05, 3.63) is 154 Å². The molecule has 145 valence electrons. The van der Waals surface area contributed by atoms with Crippen LogP contribution in [0.2, 0.25) is 0 Å². The van der Waals surface area contributed by atoms with Gasteiger partial charge in [0.05, 0.1) is 0 Å². The number of hydrogen-bond acceptors (Lipinski definition) is 1. The molecule has 4 aromatic rings. The molecule has 0 N–H and O–H groups in total. The monoisotopic (exact) mass is 451 g/mol. The van der Waals surface area contributed by atoms with E-state index in [2.05, 4.69) is 94.8 Å². The Bertz CT molecular complexity index is 1070. The first-order valence-electron chi connectivity index (χ1n) is 9.99. The molecule has 1 aliphatic heterocycles. The minimum absolute atomic E-state index is 0.797. The zero-order valence-electron chi connectivity index (χ0n) is 16.3. The molecule has 0 unspecified atom stereocenters. The van der Waals surface area contributed by atoms with Crippen molar-refractivity contribution in [2.75, 3.05) is 0 Å². The van der Waals surface area contributed by atoms with Crippen LogP contribution in [0.25, 0.3) is 0 Å². The van der Waals surface area contributed by atoms with E-state index in [0.29, 0.717) is 0 Å². The van der Waals surface area contributed by atoms with Crippen LogP contribution in [0.4, 0.5) is 0 Å². The van der Waals surface area contributed by atoms with Gasteiger partial charge in [-0.25, -0.2) is 0 Å². The molecule has 30 heavy (non-hydrogen) atoms. The minimum Gasteiger partial charge on any atom is -0.340 e. The molecule has 0 spiro atoms. The highest BCUT2D eigenvalue weighted by Gasteiger charge is 2.53. The maximum Gasteiger partial charge on any atom is 0.152 e. The van der Waals surface area contributed by atoms with Crippen molar-refractivity contribution >= 4 is 15.9 Å². The Morgan fingerprint density at radius 3 is 1.20 bits per heavy atom. The van der Waals surface area contributed by atoms with Gasteiger partial charge < -0.3 is 4.74 Å². The van der Waals surface area contributed by atoms with E-state index in [4.69, 9.17) is 4.74 Å². The molecule has 1 nitrogen and oxygen atoms in total. The lowest BCUT2D eigenvalue weighted by atomic mass is 9.86. The predicted molar refractivity (Wildman–Crippen MR) is 124 cm³/mol. The Labute approximate surface area is 185 Å². The molecule has 1 radical (unpaired) electrons. The number of hydrogen-bond donors (Lipinski definition) is 0. The summed E-state index contributed by atoms with van der Waals surface area (Å²) in [5, 5.41) is 0. The molecular weight excluding hydrogens is 432 g/mol. The topological polar surface area (TPSA) is 9.23 Å². The lowest BCUT2D eigenvalue weighted by Crippen LogP contribution is -2.36. The fourth-order valence-electron chi connectivity index (χ4n) is 4.20. The highest BCUT2D eigenvalue weighted by Crippen LogP contribution is 2.56. The first kappa shape index (κ1) is 19.0. The van der Waals surface area contributed by atoms with Crippen LogP contribution in [-0.4, -0.2) is 0 Å². The summed E-state index contributed by atoms with van der Waals surface area (Å²) in [7, 11) is 0. The van der Waals surface area contributed by atoms with Crippen molar-refractivity contribution in [3.63, 3.8) is 0 Å². The maximum atomic E-state index is 7.20. The molecule has 0 aromatic heterocycles. The lowest BCUT2D eigenvalue weighted by molar-refractivity contribution is -0.0554. The normalized spacial score (nSPS) is 16.8. The minimum atomic E-state index is -0.840. The Hall–Kier alpha value is -2.94. The Morgan fingerprint density at radius 1 is 0.500 bits per heavy atom. The van der Waals surface area contributed by atoms with Gasteiger partial charge in [-0.2, -0.15) is 0 Å². The Morgan fingerprint density at radius 2 is 0.833 bits per heavy atom. The van der Waals surface area contributed by atoms with Gasteiger partial charge in [0.2, 0.25) is 0 Å². The van der Waals surface area contributed by atoms with Crippen molar-refractivity contribution < 1.29 is 4.74 Å². The summed E-state index contributed by atoms with van der Waals surface area (Å²) in [6.07, 6.45) is 3.70. The van der Waals surface area contributed by atoms with Gasteiger partial charge in [0, 0.05) is 10.6 Å². The van der Waals surface area contributed by atoms with Gasteiger partial charge in [-0.15, -0.1) is 0 Å². The summed E-state index contributed by atoms with van der Waals surface area (Å²) in [6.45, 7) is 0.